The van der Waals surface area contributed by atoms with Crippen LogP contribution in [0, 0.1) is 0 Å². The number of aromatic nitrogens is 3. The maximum atomic E-state index is 12.5. The maximum absolute atomic E-state index is 12.5. The summed E-state index contributed by atoms with van der Waals surface area (Å²) in [6.45, 7) is 5.42. The SMILES string of the molecule is C=CCCC(NC(=O)c1nnn(-c2cccc(Cl)c2)c1CC)C(=O)O. The molecule has 1 amide bonds. The van der Waals surface area contributed by atoms with Gasteiger partial charge in [-0.3, -0.25) is 4.79 Å². The van der Waals surface area contributed by atoms with E-state index in [1.54, 1.807) is 30.3 Å². The van der Waals surface area contributed by atoms with Gasteiger partial charge in [-0.2, -0.15) is 0 Å². The van der Waals surface area contributed by atoms with E-state index >= 15 is 0 Å². The van der Waals surface area contributed by atoms with Crippen molar-refractivity contribution in [3.05, 3.63) is 53.3 Å². The molecular formula is C17H19ClN4O3. The van der Waals surface area contributed by atoms with E-state index in [0.29, 0.717) is 29.2 Å². The molecule has 2 rings (SSSR count). The predicted octanol–water partition coefficient (Wildman–Crippen LogP) is 2.63. The smallest absolute Gasteiger partial charge is 0.326 e. The number of carbonyl (C=O) groups is 2. The number of nitrogens with zero attached hydrogens (tertiary/aromatic N) is 3. The van der Waals surface area contributed by atoms with Gasteiger partial charge in [0.25, 0.3) is 5.91 Å². The molecule has 0 aliphatic heterocycles. The summed E-state index contributed by atoms with van der Waals surface area (Å²) >= 11 is 6.00. The predicted molar refractivity (Wildman–Crippen MR) is 94.1 cm³/mol. The number of carbonyl (C=O) groups excluding carboxylic acids is 1. The van der Waals surface area contributed by atoms with Crippen molar-refractivity contribution in [1.82, 2.24) is 20.3 Å². The Kier molecular flexibility index (Phi) is 6.30. The Labute approximate surface area is 150 Å². The monoisotopic (exact) mass is 362 g/mol. The van der Waals surface area contributed by atoms with Crippen molar-refractivity contribution in [3.8, 4) is 5.69 Å². The molecule has 1 atom stereocenters. The average Bonchev–Trinajstić information content (AvgIpc) is 3.02. The van der Waals surface area contributed by atoms with E-state index in [0.717, 1.165) is 0 Å². The Morgan fingerprint density at radius 2 is 2.24 bits per heavy atom. The molecule has 1 heterocycles. The summed E-state index contributed by atoms with van der Waals surface area (Å²) < 4.78 is 1.53. The van der Waals surface area contributed by atoms with Crippen LogP contribution in [0.1, 0.15) is 35.9 Å². The van der Waals surface area contributed by atoms with Crippen LogP contribution in [0.2, 0.25) is 5.02 Å². The number of nitrogens with one attached hydrogen (secondary N) is 1. The van der Waals surface area contributed by atoms with Crippen molar-refractivity contribution >= 4 is 23.5 Å². The first kappa shape index (κ1) is 18.7. The van der Waals surface area contributed by atoms with Crippen molar-refractivity contribution in [1.29, 1.82) is 0 Å². The summed E-state index contributed by atoms with van der Waals surface area (Å²) in [6.07, 6.45) is 2.84. The Hall–Kier alpha value is -2.67. The minimum atomic E-state index is -1.10. The molecule has 1 aromatic carbocycles. The second kappa shape index (κ2) is 8.43. The molecule has 7 nitrogen and oxygen atoms in total. The lowest BCUT2D eigenvalue weighted by atomic mass is 10.1. The molecule has 2 N–H and O–H groups in total. The van der Waals surface area contributed by atoms with Crippen LogP contribution < -0.4 is 5.32 Å². The number of aliphatic carboxylic acids is 1. The van der Waals surface area contributed by atoms with Crippen molar-refractivity contribution in [2.45, 2.75) is 32.2 Å². The molecule has 1 unspecified atom stereocenters. The van der Waals surface area contributed by atoms with E-state index in [2.05, 4.69) is 22.2 Å². The number of allylic oxidation sites excluding steroid dienone is 1. The summed E-state index contributed by atoms with van der Waals surface area (Å²) in [5.74, 6) is -1.67. The van der Waals surface area contributed by atoms with E-state index in [-0.39, 0.29) is 12.1 Å². The molecule has 1 aromatic heterocycles. The number of carboxylic acid groups (broad SMARTS) is 1. The summed E-state index contributed by atoms with van der Waals surface area (Å²) in [5.41, 5.74) is 1.36. The summed E-state index contributed by atoms with van der Waals surface area (Å²) in [5, 5.41) is 20.2. The molecule has 132 valence electrons. The molecule has 2 aromatic rings. The highest BCUT2D eigenvalue weighted by Crippen LogP contribution is 2.18. The normalized spacial score (nSPS) is 11.8. The number of hydrogen-bond acceptors (Lipinski definition) is 4. The van der Waals surface area contributed by atoms with Crippen molar-refractivity contribution in [2.75, 3.05) is 0 Å². The molecule has 0 saturated heterocycles. The van der Waals surface area contributed by atoms with Crippen molar-refractivity contribution in [2.24, 2.45) is 0 Å². The Morgan fingerprint density at radius 1 is 1.48 bits per heavy atom. The molecule has 25 heavy (non-hydrogen) atoms. The zero-order chi connectivity index (χ0) is 18.4. The maximum Gasteiger partial charge on any atom is 0.326 e. The third-order valence-corrected chi connectivity index (χ3v) is 3.86. The zero-order valence-corrected chi connectivity index (χ0v) is 14.5. The van der Waals surface area contributed by atoms with Crippen molar-refractivity contribution in [3.63, 3.8) is 0 Å². The first-order valence-corrected chi connectivity index (χ1v) is 8.20. The van der Waals surface area contributed by atoms with Gasteiger partial charge in [0.2, 0.25) is 0 Å². The first-order valence-electron chi connectivity index (χ1n) is 7.83. The topological polar surface area (TPSA) is 97.1 Å². The quantitative estimate of drug-likeness (QED) is 0.703. The van der Waals surface area contributed by atoms with Gasteiger partial charge in [0.15, 0.2) is 5.69 Å². The van der Waals surface area contributed by atoms with Gasteiger partial charge in [-0.25, -0.2) is 9.48 Å². The molecule has 0 fully saturated rings. The number of amides is 1. The van der Waals surface area contributed by atoms with Crippen LogP contribution in [0.3, 0.4) is 0 Å². The van der Waals surface area contributed by atoms with Crippen LogP contribution in [0.4, 0.5) is 0 Å². The molecular weight excluding hydrogens is 344 g/mol. The third-order valence-electron chi connectivity index (χ3n) is 3.63. The van der Waals surface area contributed by atoms with Crippen LogP contribution in [0.15, 0.2) is 36.9 Å². The largest absolute Gasteiger partial charge is 0.480 e. The highest BCUT2D eigenvalue weighted by atomic mass is 35.5. The van der Waals surface area contributed by atoms with E-state index in [9.17, 15) is 14.7 Å². The van der Waals surface area contributed by atoms with Gasteiger partial charge in [-0.15, -0.1) is 11.7 Å². The summed E-state index contributed by atoms with van der Waals surface area (Å²) in [6, 6.07) is 6.01. The van der Waals surface area contributed by atoms with E-state index in [1.165, 1.54) is 4.68 Å². The standard InChI is InChI=1S/C17H19ClN4O3/c1-3-5-9-13(17(24)25)19-16(23)15-14(4-2)22(21-20-15)12-8-6-7-11(18)10-12/h3,6-8,10,13H,1,4-5,9H2,2H3,(H,19,23)(H,24,25). The van der Waals surface area contributed by atoms with Crippen LogP contribution in [0.5, 0.6) is 0 Å². The lowest BCUT2D eigenvalue weighted by Crippen LogP contribution is -2.41. The first-order chi connectivity index (χ1) is 12.0. The minimum absolute atomic E-state index is 0.104. The van der Waals surface area contributed by atoms with Crippen LogP contribution in [-0.2, 0) is 11.2 Å². The fourth-order valence-electron chi connectivity index (χ4n) is 2.38. The third kappa shape index (κ3) is 4.45. The lowest BCUT2D eigenvalue weighted by Gasteiger charge is -2.13. The van der Waals surface area contributed by atoms with Gasteiger partial charge in [-0.05, 0) is 37.5 Å². The molecule has 8 heteroatoms. The molecule has 0 aliphatic carbocycles. The number of rotatable bonds is 8. The molecule has 0 radical (unpaired) electrons. The number of carboxylic acids is 1. The fourth-order valence-corrected chi connectivity index (χ4v) is 2.56. The highest BCUT2D eigenvalue weighted by molar-refractivity contribution is 6.30. The second-order valence-corrected chi connectivity index (χ2v) is 5.80. The number of hydrogen-bond donors (Lipinski definition) is 2. The van der Waals surface area contributed by atoms with Gasteiger partial charge >= 0.3 is 5.97 Å². The van der Waals surface area contributed by atoms with E-state index < -0.39 is 17.9 Å². The van der Waals surface area contributed by atoms with E-state index in [4.69, 9.17) is 11.6 Å². The highest BCUT2D eigenvalue weighted by Gasteiger charge is 2.24. The molecule has 0 aliphatic rings. The zero-order valence-electron chi connectivity index (χ0n) is 13.8. The van der Waals surface area contributed by atoms with Gasteiger partial charge < -0.3 is 10.4 Å². The Balaban J connectivity index is 2.28. The van der Waals surface area contributed by atoms with E-state index in [1.807, 2.05) is 6.92 Å². The molecule has 0 bridgehead atoms. The number of benzene rings is 1. The van der Waals surface area contributed by atoms with Crippen LogP contribution >= 0.6 is 11.6 Å². The summed E-state index contributed by atoms with van der Waals surface area (Å²) in [4.78, 5) is 23.8. The lowest BCUT2D eigenvalue weighted by molar-refractivity contribution is -0.139. The number of halogens is 1. The minimum Gasteiger partial charge on any atom is -0.480 e. The fraction of sp³-hybridized carbons (Fsp3) is 0.294. The molecule has 0 spiro atoms. The van der Waals surface area contributed by atoms with Gasteiger partial charge in [0.1, 0.15) is 6.04 Å². The van der Waals surface area contributed by atoms with Gasteiger partial charge in [0.05, 0.1) is 11.4 Å². The Morgan fingerprint density at radius 3 is 2.84 bits per heavy atom. The van der Waals surface area contributed by atoms with Crippen LogP contribution in [-0.4, -0.2) is 38.0 Å². The average molecular weight is 363 g/mol. The Bertz CT molecular complexity index is 788. The molecule has 0 saturated carbocycles. The van der Waals surface area contributed by atoms with Gasteiger partial charge in [-0.1, -0.05) is 35.9 Å². The van der Waals surface area contributed by atoms with Crippen molar-refractivity contribution < 1.29 is 14.7 Å². The van der Waals surface area contributed by atoms with Crippen LogP contribution in [0.25, 0.3) is 5.69 Å². The summed E-state index contributed by atoms with van der Waals surface area (Å²) in [7, 11) is 0. The second-order valence-electron chi connectivity index (χ2n) is 5.36. The van der Waals surface area contributed by atoms with Gasteiger partial charge in [0, 0.05) is 5.02 Å².